The number of fused-ring (bicyclic) bond motifs is 6. The molecule has 5 heterocycles. The molecule has 128 valence electrons. The summed E-state index contributed by atoms with van der Waals surface area (Å²) in [7, 11) is 0. The zero-order valence-electron chi connectivity index (χ0n) is 14.4. The fourth-order valence-electron chi connectivity index (χ4n) is 4.27. The van der Waals surface area contributed by atoms with Crippen LogP contribution in [0, 0.1) is 6.92 Å². The minimum absolute atomic E-state index is 0.132. The van der Waals surface area contributed by atoms with Crippen LogP contribution >= 0.6 is 0 Å². The highest BCUT2D eigenvalue weighted by Gasteiger charge is 2.48. The van der Waals surface area contributed by atoms with Crippen LogP contribution in [0.25, 0.3) is 11.6 Å². The van der Waals surface area contributed by atoms with Crippen molar-refractivity contribution in [2.45, 2.75) is 45.1 Å². The SMILES string of the molecule is CC[C@]12CCCCN1c1nc(-n3ccnc3)ncc1-n1c(C)nnc12. The fraction of sp³-hybridized carbons (Fsp3) is 0.471. The Balaban J connectivity index is 1.78. The molecular formula is C17H20N8. The zero-order chi connectivity index (χ0) is 17.0. The maximum Gasteiger partial charge on any atom is 0.236 e. The maximum atomic E-state index is 4.91. The quantitative estimate of drug-likeness (QED) is 0.714. The topological polar surface area (TPSA) is 77.5 Å². The summed E-state index contributed by atoms with van der Waals surface area (Å²) < 4.78 is 3.98. The monoisotopic (exact) mass is 336 g/mol. The van der Waals surface area contributed by atoms with Crippen LogP contribution < -0.4 is 4.90 Å². The fourth-order valence-corrected chi connectivity index (χ4v) is 4.27. The molecule has 1 fully saturated rings. The van der Waals surface area contributed by atoms with Gasteiger partial charge >= 0.3 is 0 Å². The zero-order valence-corrected chi connectivity index (χ0v) is 14.4. The van der Waals surface area contributed by atoms with Crippen LogP contribution in [0.15, 0.2) is 24.9 Å². The lowest BCUT2D eigenvalue weighted by molar-refractivity contribution is 0.274. The van der Waals surface area contributed by atoms with Gasteiger partial charge in [0.05, 0.1) is 6.20 Å². The molecule has 1 saturated heterocycles. The molecule has 0 N–H and O–H groups in total. The average Bonchev–Trinajstić information content (AvgIpc) is 3.32. The van der Waals surface area contributed by atoms with E-state index in [9.17, 15) is 0 Å². The van der Waals surface area contributed by atoms with Gasteiger partial charge in [-0.05, 0) is 32.6 Å². The van der Waals surface area contributed by atoms with Gasteiger partial charge in [-0.2, -0.15) is 4.98 Å². The summed E-state index contributed by atoms with van der Waals surface area (Å²) in [6.45, 7) is 5.20. The van der Waals surface area contributed by atoms with E-state index in [1.165, 1.54) is 12.8 Å². The minimum Gasteiger partial charge on any atom is -0.342 e. The highest BCUT2D eigenvalue weighted by atomic mass is 15.4. The van der Waals surface area contributed by atoms with Gasteiger partial charge in [0.2, 0.25) is 5.95 Å². The summed E-state index contributed by atoms with van der Waals surface area (Å²) in [5, 5.41) is 8.92. The van der Waals surface area contributed by atoms with Crippen molar-refractivity contribution < 1.29 is 0 Å². The standard InChI is InChI=1S/C17H20N8/c1-3-17-6-4-5-8-24(17)14-13(25-12(2)21-22-15(17)25)10-19-16(20-14)23-9-7-18-11-23/h7,9-11H,3-6,8H2,1-2H3/t17-/m1/s1. The van der Waals surface area contributed by atoms with Crippen LogP contribution in [0.5, 0.6) is 0 Å². The van der Waals surface area contributed by atoms with E-state index < -0.39 is 0 Å². The largest absolute Gasteiger partial charge is 0.342 e. The number of nitrogens with zero attached hydrogens (tertiary/aromatic N) is 8. The molecule has 25 heavy (non-hydrogen) atoms. The Morgan fingerprint density at radius 1 is 1.24 bits per heavy atom. The van der Waals surface area contributed by atoms with Gasteiger partial charge < -0.3 is 4.90 Å². The third kappa shape index (κ3) is 1.85. The summed E-state index contributed by atoms with van der Waals surface area (Å²) in [5.74, 6) is 3.52. The van der Waals surface area contributed by atoms with Gasteiger partial charge in [0.1, 0.15) is 23.4 Å². The Morgan fingerprint density at radius 3 is 2.96 bits per heavy atom. The van der Waals surface area contributed by atoms with Crippen LogP contribution in [0.2, 0.25) is 0 Å². The highest BCUT2D eigenvalue weighted by molar-refractivity contribution is 5.64. The maximum absolute atomic E-state index is 4.91. The molecule has 0 radical (unpaired) electrons. The summed E-state index contributed by atoms with van der Waals surface area (Å²) in [6, 6.07) is 0. The highest BCUT2D eigenvalue weighted by Crippen LogP contribution is 2.47. The Morgan fingerprint density at radius 2 is 2.16 bits per heavy atom. The molecular weight excluding hydrogens is 316 g/mol. The molecule has 3 aromatic rings. The van der Waals surface area contributed by atoms with E-state index in [1.54, 1.807) is 12.5 Å². The number of anilines is 1. The van der Waals surface area contributed by atoms with E-state index in [0.717, 1.165) is 42.5 Å². The summed E-state index contributed by atoms with van der Waals surface area (Å²) in [5.41, 5.74) is 0.833. The molecule has 0 aromatic carbocycles. The third-order valence-corrected chi connectivity index (χ3v) is 5.53. The molecule has 0 aliphatic carbocycles. The van der Waals surface area contributed by atoms with E-state index in [2.05, 4.69) is 36.6 Å². The van der Waals surface area contributed by atoms with Gasteiger partial charge in [0.15, 0.2) is 11.6 Å². The van der Waals surface area contributed by atoms with Gasteiger partial charge in [-0.1, -0.05) is 6.92 Å². The van der Waals surface area contributed by atoms with Crippen molar-refractivity contribution in [1.29, 1.82) is 0 Å². The molecule has 0 bridgehead atoms. The predicted molar refractivity (Wildman–Crippen MR) is 92.0 cm³/mol. The van der Waals surface area contributed by atoms with Crippen LogP contribution in [-0.4, -0.2) is 40.8 Å². The van der Waals surface area contributed by atoms with Crippen molar-refractivity contribution in [2.24, 2.45) is 0 Å². The molecule has 3 aromatic heterocycles. The number of hydrogen-bond acceptors (Lipinski definition) is 6. The van der Waals surface area contributed by atoms with E-state index in [4.69, 9.17) is 4.98 Å². The van der Waals surface area contributed by atoms with E-state index in [-0.39, 0.29) is 5.54 Å². The lowest BCUT2D eigenvalue weighted by Gasteiger charge is -2.49. The van der Waals surface area contributed by atoms with Crippen LogP contribution in [0.1, 0.15) is 44.3 Å². The molecule has 5 rings (SSSR count). The van der Waals surface area contributed by atoms with E-state index >= 15 is 0 Å². The minimum atomic E-state index is -0.132. The van der Waals surface area contributed by atoms with E-state index in [1.807, 2.05) is 23.9 Å². The first-order valence-corrected chi connectivity index (χ1v) is 8.80. The predicted octanol–water partition coefficient (Wildman–Crippen LogP) is 2.16. The smallest absolute Gasteiger partial charge is 0.236 e. The number of rotatable bonds is 2. The van der Waals surface area contributed by atoms with Crippen molar-refractivity contribution in [1.82, 2.24) is 34.3 Å². The van der Waals surface area contributed by atoms with Crippen molar-refractivity contribution in [3.8, 4) is 11.6 Å². The van der Waals surface area contributed by atoms with Crippen LogP contribution in [-0.2, 0) is 5.54 Å². The molecule has 0 saturated carbocycles. The second-order valence-electron chi connectivity index (χ2n) is 6.75. The molecule has 8 nitrogen and oxygen atoms in total. The Bertz CT molecular complexity index is 928. The first kappa shape index (κ1) is 14.6. The van der Waals surface area contributed by atoms with Crippen molar-refractivity contribution >= 4 is 5.82 Å². The van der Waals surface area contributed by atoms with Gasteiger partial charge in [0, 0.05) is 18.9 Å². The van der Waals surface area contributed by atoms with Crippen molar-refractivity contribution in [2.75, 3.05) is 11.4 Å². The molecule has 1 atom stereocenters. The normalized spacial score (nSPS) is 21.6. The molecule has 0 unspecified atom stereocenters. The van der Waals surface area contributed by atoms with Crippen LogP contribution in [0.4, 0.5) is 5.82 Å². The molecule has 8 heteroatoms. The second-order valence-corrected chi connectivity index (χ2v) is 6.75. The number of aryl methyl sites for hydroxylation is 1. The van der Waals surface area contributed by atoms with Crippen LogP contribution in [0.3, 0.4) is 0 Å². The van der Waals surface area contributed by atoms with E-state index in [0.29, 0.717) is 5.95 Å². The third-order valence-electron chi connectivity index (χ3n) is 5.53. The summed E-state index contributed by atoms with van der Waals surface area (Å²) in [4.78, 5) is 16.0. The van der Waals surface area contributed by atoms with Gasteiger partial charge in [-0.15, -0.1) is 10.2 Å². The first-order chi connectivity index (χ1) is 12.2. The molecule has 0 spiro atoms. The Kier molecular flexibility index (Phi) is 2.98. The Hall–Kier alpha value is -2.77. The van der Waals surface area contributed by atoms with Gasteiger partial charge in [0.25, 0.3) is 0 Å². The number of aromatic nitrogens is 7. The average molecular weight is 336 g/mol. The number of hydrogen-bond donors (Lipinski definition) is 0. The molecule has 0 amide bonds. The molecule has 2 aliphatic heterocycles. The van der Waals surface area contributed by atoms with Gasteiger partial charge in [-0.25, -0.2) is 9.97 Å². The Labute approximate surface area is 145 Å². The van der Waals surface area contributed by atoms with Crippen molar-refractivity contribution in [3.05, 3.63) is 36.6 Å². The number of imidazole rings is 1. The summed E-state index contributed by atoms with van der Waals surface area (Å²) in [6.07, 6.45) is 11.6. The molecule has 2 aliphatic rings. The van der Waals surface area contributed by atoms with Crippen molar-refractivity contribution in [3.63, 3.8) is 0 Å². The summed E-state index contributed by atoms with van der Waals surface area (Å²) >= 11 is 0. The number of piperidine rings is 1. The lowest BCUT2D eigenvalue weighted by atomic mass is 9.82. The first-order valence-electron chi connectivity index (χ1n) is 8.80. The lowest BCUT2D eigenvalue weighted by Crippen LogP contribution is -2.54. The second kappa shape index (κ2) is 5.11. The van der Waals surface area contributed by atoms with Gasteiger partial charge in [-0.3, -0.25) is 9.13 Å².